The molecule has 0 amide bonds. The van der Waals surface area contributed by atoms with Crippen LogP contribution < -0.4 is 0 Å². The van der Waals surface area contributed by atoms with Crippen LogP contribution >= 0.6 is 0 Å². The fraction of sp³-hybridized carbons (Fsp3) is 0.926. The van der Waals surface area contributed by atoms with E-state index < -0.39 is 24.5 Å². The predicted octanol–water partition coefficient (Wildman–Crippen LogP) is 5.97. The molecule has 0 aliphatic heterocycles. The number of aliphatic hydroxyl groups excluding tert-OH is 1. The maximum Gasteiger partial charge on any atom is 0.335 e. The third-order valence-corrected chi connectivity index (χ3v) is 5.74. The molecule has 1 unspecified atom stereocenters. The minimum Gasteiger partial charge on any atom is -0.464 e. The van der Waals surface area contributed by atoms with E-state index in [2.05, 4.69) is 6.92 Å². The minimum atomic E-state index is -1.50. The van der Waals surface area contributed by atoms with Gasteiger partial charge in [0.15, 0.2) is 6.10 Å². The van der Waals surface area contributed by atoms with Gasteiger partial charge < -0.3 is 19.4 Å². The summed E-state index contributed by atoms with van der Waals surface area (Å²) in [7, 11) is 3.09. The summed E-state index contributed by atoms with van der Waals surface area (Å²) in [6, 6.07) is 0. The molecule has 7 heteroatoms. The molecule has 0 radical (unpaired) electrons. The van der Waals surface area contributed by atoms with Crippen molar-refractivity contribution in [1.29, 1.82) is 0 Å². The van der Waals surface area contributed by atoms with Gasteiger partial charge in [-0.2, -0.15) is 0 Å². The lowest BCUT2D eigenvalue weighted by Gasteiger charge is -2.13. The van der Waals surface area contributed by atoms with Crippen molar-refractivity contribution in [3.05, 3.63) is 0 Å². The Morgan fingerprint density at radius 3 is 1.59 bits per heavy atom. The van der Waals surface area contributed by atoms with Crippen molar-refractivity contribution in [3.63, 3.8) is 0 Å². The van der Waals surface area contributed by atoms with Gasteiger partial charge in [-0.1, -0.05) is 103 Å². The zero-order valence-corrected chi connectivity index (χ0v) is 22.4. The van der Waals surface area contributed by atoms with E-state index in [1.165, 1.54) is 101 Å². The van der Waals surface area contributed by atoms with Crippen molar-refractivity contribution in [1.82, 2.24) is 5.06 Å². The number of hydrogen-bond donors (Lipinski definition) is 1. The van der Waals surface area contributed by atoms with Crippen LogP contribution in [0.1, 0.15) is 122 Å². The van der Waals surface area contributed by atoms with Crippen molar-refractivity contribution in [2.45, 2.75) is 129 Å². The molecule has 7 nitrogen and oxygen atoms in total. The maximum absolute atomic E-state index is 11.6. The van der Waals surface area contributed by atoms with Gasteiger partial charge in [0.1, 0.15) is 0 Å². The molecule has 0 rings (SSSR count). The molecule has 0 aromatic heterocycles. The summed E-state index contributed by atoms with van der Waals surface area (Å²) < 4.78 is 10.5. The van der Waals surface area contributed by atoms with Crippen LogP contribution in [0.15, 0.2) is 0 Å². The maximum atomic E-state index is 11.6. The molecule has 0 fully saturated rings. The number of unbranched alkanes of at least 4 members (excludes halogenated alkanes) is 15. The van der Waals surface area contributed by atoms with Gasteiger partial charge in [0.2, 0.25) is 0 Å². The average molecular weight is 488 g/mol. The molecular formula is C27H53NO6. The smallest absolute Gasteiger partial charge is 0.335 e. The van der Waals surface area contributed by atoms with Gasteiger partial charge in [-0.15, -0.1) is 5.06 Å². The summed E-state index contributed by atoms with van der Waals surface area (Å²) >= 11 is 0. The highest BCUT2D eigenvalue weighted by Gasteiger charge is 2.21. The highest BCUT2D eigenvalue weighted by Crippen LogP contribution is 2.13. The summed E-state index contributed by atoms with van der Waals surface area (Å²) in [5, 5.41) is 10.8. The highest BCUT2D eigenvalue weighted by molar-refractivity contribution is 5.81. The summed E-state index contributed by atoms with van der Waals surface area (Å²) in [4.78, 5) is 27.7. The van der Waals surface area contributed by atoms with Crippen molar-refractivity contribution in [2.75, 3.05) is 33.9 Å². The summed E-state index contributed by atoms with van der Waals surface area (Å²) in [6.07, 6.45) is 20.3. The Morgan fingerprint density at radius 2 is 1.12 bits per heavy atom. The lowest BCUT2D eigenvalue weighted by Crippen LogP contribution is -2.29. The lowest BCUT2D eigenvalue weighted by molar-refractivity contribution is -0.183. The Kier molecular flexibility index (Phi) is 24.1. The van der Waals surface area contributed by atoms with Gasteiger partial charge in [0.25, 0.3) is 0 Å². The molecule has 0 spiro atoms. The van der Waals surface area contributed by atoms with Crippen LogP contribution in [-0.4, -0.2) is 62.1 Å². The van der Waals surface area contributed by atoms with Gasteiger partial charge in [0.05, 0.1) is 13.0 Å². The molecule has 0 aromatic carbocycles. The molecule has 0 heterocycles. The standard InChI is InChI=1S/C27H53NO6/c1-4-5-6-7-8-9-10-11-12-13-14-15-16-17-18-19-21-32-22-20-23-33-27(31)25(29)24-26(30)34-28(2)3/h25,29H,4-24H2,1-3H3. The summed E-state index contributed by atoms with van der Waals surface area (Å²) in [6.45, 7) is 3.68. The fourth-order valence-electron chi connectivity index (χ4n) is 3.77. The number of hydroxylamine groups is 2. The molecule has 34 heavy (non-hydrogen) atoms. The molecule has 0 aromatic rings. The van der Waals surface area contributed by atoms with E-state index >= 15 is 0 Å². The first-order valence-corrected chi connectivity index (χ1v) is 13.8. The van der Waals surface area contributed by atoms with Crippen LogP contribution in [0.25, 0.3) is 0 Å². The first kappa shape index (κ1) is 32.8. The minimum absolute atomic E-state index is 0.164. The van der Waals surface area contributed by atoms with Crippen LogP contribution in [0.5, 0.6) is 0 Å². The Balaban J connectivity index is 3.27. The Morgan fingerprint density at radius 1 is 0.676 bits per heavy atom. The second-order valence-corrected chi connectivity index (χ2v) is 9.43. The van der Waals surface area contributed by atoms with Crippen LogP contribution in [0, 0.1) is 0 Å². The molecule has 0 saturated heterocycles. The largest absolute Gasteiger partial charge is 0.464 e. The number of aliphatic hydroxyl groups is 1. The second-order valence-electron chi connectivity index (χ2n) is 9.43. The molecule has 0 bridgehead atoms. The third kappa shape index (κ3) is 24.0. The van der Waals surface area contributed by atoms with E-state index in [1.54, 1.807) is 14.1 Å². The van der Waals surface area contributed by atoms with E-state index in [0.717, 1.165) is 13.0 Å². The molecule has 1 atom stereocenters. The summed E-state index contributed by atoms with van der Waals surface area (Å²) in [5.74, 6) is -1.50. The van der Waals surface area contributed by atoms with Crippen LogP contribution in [0.3, 0.4) is 0 Å². The van der Waals surface area contributed by atoms with E-state index in [0.29, 0.717) is 13.0 Å². The number of rotatable bonds is 25. The SMILES string of the molecule is CCCCCCCCCCCCCCCCCCOCCCOC(=O)C(O)CC(=O)ON(C)C. The van der Waals surface area contributed by atoms with Crippen molar-refractivity contribution in [3.8, 4) is 0 Å². The number of nitrogens with zero attached hydrogens (tertiary/aromatic N) is 1. The highest BCUT2D eigenvalue weighted by atomic mass is 16.7. The zero-order valence-electron chi connectivity index (χ0n) is 22.4. The van der Waals surface area contributed by atoms with Crippen molar-refractivity contribution in [2.24, 2.45) is 0 Å². The van der Waals surface area contributed by atoms with Gasteiger partial charge >= 0.3 is 11.9 Å². The van der Waals surface area contributed by atoms with Crippen LogP contribution in [-0.2, 0) is 23.9 Å². The Bertz CT molecular complexity index is 472. The van der Waals surface area contributed by atoms with Gasteiger partial charge in [-0.3, -0.25) is 4.79 Å². The third-order valence-electron chi connectivity index (χ3n) is 5.74. The Hall–Kier alpha value is -1.18. The Labute approximate surface area is 208 Å². The molecule has 202 valence electrons. The fourth-order valence-corrected chi connectivity index (χ4v) is 3.77. The monoisotopic (exact) mass is 487 g/mol. The summed E-state index contributed by atoms with van der Waals surface area (Å²) in [5.41, 5.74) is 0. The number of ether oxygens (including phenoxy) is 2. The van der Waals surface area contributed by atoms with Gasteiger partial charge in [0, 0.05) is 33.7 Å². The normalized spacial score (nSPS) is 12.1. The van der Waals surface area contributed by atoms with Crippen LogP contribution in [0.4, 0.5) is 0 Å². The second kappa shape index (κ2) is 24.9. The molecule has 0 saturated carbocycles. The van der Waals surface area contributed by atoms with Gasteiger partial charge in [-0.05, 0) is 6.42 Å². The zero-order chi connectivity index (χ0) is 25.3. The van der Waals surface area contributed by atoms with E-state index in [1.807, 2.05) is 0 Å². The van der Waals surface area contributed by atoms with Crippen LogP contribution in [0.2, 0.25) is 0 Å². The number of carbonyl (C=O) groups excluding carboxylic acids is 2. The van der Waals surface area contributed by atoms with E-state index in [9.17, 15) is 14.7 Å². The molecule has 1 N–H and O–H groups in total. The first-order valence-electron chi connectivity index (χ1n) is 13.8. The lowest BCUT2D eigenvalue weighted by atomic mass is 10.0. The van der Waals surface area contributed by atoms with E-state index in [-0.39, 0.29) is 6.61 Å². The van der Waals surface area contributed by atoms with Crippen molar-refractivity contribution >= 4 is 11.9 Å². The molecule has 0 aliphatic rings. The number of carbonyl (C=O) groups is 2. The quantitative estimate of drug-likeness (QED) is 0.0964. The molecule has 0 aliphatic carbocycles. The topological polar surface area (TPSA) is 85.3 Å². The number of esters is 1. The molecular weight excluding hydrogens is 434 g/mol. The van der Waals surface area contributed by atoms with Gasteiger partial charge in [-0.25, -0.2) is 4.79 Å². The van der Waals surface area contributed by atoms with E-state index in [4.69, 9.17) is 14.3 Å². The van der Waals surface area contributed by atoms with Crippen molar-refractivity contribution < 1.29 is 29.0 Å². The average Bonchev–Trinajstić information content (AvgIpc) is 2.79. The number of hydrogen-bond acceptors (Lipinski definition) is 7. The first-order chi connectivity index (χ1) is 16.5. The predicted molar refractivity (Wildman–Crippen MR) is 136 cm³/mol.